The number of non-ortho nitro benzene ring substituents is 1. The zero-order chi connectivity index (χ0) is 18.8. The largest absolute Gasteiger partial charge is 0.345 e. The number of aromatic nitrogens is 2. The molecule has 0 radical (unpaired) electrons. The third-order valence-electron chi connectivity index (χ3n) is 3.87. The number of nitro benzene ring substituents is 2. The van der Waals surface area contributed by atoms with Gasteiger partial charge >= 0.3 is 0 Å². The summed E-state index contributed by atoms with van der Waals surface area (Å²) in [6.45, 7) is 1.42. The lowest BCUT2D eigenvalue weighted by molar-refractivity contribution is -0.394. The van der Waals surface area contributed by atoms with Crippen LogP contribution in [0.25, 0.3) is 11.0 Å². The number of nitrogens with one attached hydrogen (secondary N) is 2. The number of imidazole rings is 1. The fraction of sp³-hybridized carbons (Fsp3) is 0.125. The van der Waals surface area contributed by atoms with Gasteiger partial charge in [-0.3, -0.25) is 25.0 Å². The van der Waals surface area contributed by atoms with Crippen molar-refractivity contribution in [2.24, 2.45) is 0 Å². The molecule has 0 aliphatic carbocycles. The smallest absolute Gasteiger partial charge is 0.279 e. The summed E-state index contributed by atoms with van der Waals surface area (Å²) in [5.41, 5.74) is 0.479. The molecular weight excluding hydrogens is 342 g/mol. The Kier molecular flexibility index (Phi) is 4.31. The first-order valence-corrected chi connectivity index (χ1v) is 7.52. The normalized spacial score (nSPS) is 10.7. The van der Waals surface area contributed by atoms with Crippen LogP contribution in [0.1, 0.15) is 21.7 Å². The van der Waals surface area contributed by atoms with E-state index in [1.807, 2.05) is 24.3 Å². The summed E-state index contributed by atoms with van der Waals surface area (Å²) >= 11 is 0. The van der Waals surface area contributed by atoms with Crippen molar-refractivity contribution in [3.05, 3.63) is 73.6 Å². The number of carbonyl (C=O) groups excluding carboxylic acids is 1. The zero-order valence-electron chi connectivity index (χ0n) is 13.6. The number of hydrogen-bond acceptors (Lipinski definition) is 6. The molecule has 10 nitrogen and oxygen atoms in total. The maximum atomic E-state index is 12.4. The third-order valence-corrected chi connectivity index (χ3v) is 3.87. The van der Waals surface area contributed by atoms with E-state index in [0.29, 0.717) is 5.82 Å². The highest BCUT2D eigenvalue weighted by Gasteiger charge is 2.24. The quantitative estimate of drug-likeness (QED) is 0.531. The van der Waals surface area contributed by atoms with E-state index in [-0.39, 0.29) is 17.7 Å². The molecule has 10 heteroatoms. The topological polar surface area (TPSA) is 144 Å². The van der Waals surface area contributed by atoms with Crippen molar-refractivity contribution in [1.82, 2.24) is 15.3 Å². The lowest BCUT2D eigenvalue weighted by atomic mass is 10.0. The number of fused-ring (bicyclic) bond motifs is 1. The lowest BCUT2D eigenvalue weighted by Gasteiger charge is -2.07. The van der Waals surface area contributed by atoms with E-state index in [4.69, 9.17) is 0 Å². The molecule has 26 heavy (non-hydrogen) atoms. The highest BCUT2D eigenvalue weighted by molar-refractivity contribution is 5.97. The van der Waals surface area contributed by atoms with Gasteiger partial charge in [-0.1, -0.05) is 12.1 Å². The van der Waals surface area contributed by atoms with Crippen molar-refractivity contribution < 1.29 is 14.6 Å². The fourth-order valence-corrected chi connectivity index (χ4v) is 2.56. The monoisotopic (exact) mass is 355 g/mol. The van der Waals surface area contributed by atoms with Gasteiger partial charge in [-0.2, -0.15) is 0 Å². The molecule has 0 spiro atoms. The van der Waals surface area contributed by atoms with Crippen LogP contribution in [-0.2, 0) is 6.54 Å². The van der Waals surface area contributed by atoms with Crippen LogP contribution in [-0.4, -0.2) is 25.7 Å². The van der Waals surface area contributed by atoms with Crippen molar-refractivity contribution in [1.29, 1.82) is 0 Å². The van der Waals surface area contributed by atoms with Gasteiger partial charge in [0.1, 0.15) is 5.82 Å². The molecule has 0 aliphatic heterocycles. The number of amides is 1. The van der Waals surface area contributed by atoms with Gasteiger partial charge in [0.25, 0.3) is 17.3 Å². The van der Waals surface area contributed by atoms with E-state index in [1.54, 1.807) is 0 Å². The summed E-state index contributed by atoms with van der Waals surface area (Å²) in [6, 6.07) is 9.18. The highest BCUT2D eigenvalue weighted by atomic mass is 16.6. The molecule has 2 aromatic carbocycles. The molecule has 0 atom stereocenters. The minimum absolute atomic E-state index is 0.0451. The SMILES string of the molecule is Cc1c(C(=O)NCc2nc3ccccc3[nH]2)cc([N+](=O)[O-])cc1[N+](=O)[O-]. The fourth-order valence-electron chi connectivity index (χ4n) is 2.56. The summed E-state index contributed by atoms with van der Waals surface area (Å²) < 4.78 is 0. The molecule has 1 aromatic heterocycles. The first kappa shape index (κ1) is 17.0. The van der Waals surface area contributed by atoms with Crippen molar-refractivity contribution in [3.63, 3.8) is 0 Å². The predicted octanol–water partition coefficient (Wildman–Crippen LogP) is 2.62. The molecule has 1 amide bonds. The first-order valence-electron chi connectivity index (χ1n) is 7.52. The Morgan fingerprint density at radius 1 is 1.19 bits per heavy atom. The molecule has 0 saturated heterocycles. The lowest BCUT2D eigenvalue weighted by Crippen LogP contribution is -2.24. The van der Waals surface area contributed by atoms with E-state index < -0.39 is 27.1 Å². The van der Waals surface area contributed by atoms with Crippen LogP contribution >= 0.6 is 0 Å². The van der Waals surface area contributed by atoms with Crippen LogP contribution in [0.4, 0.5) is 11.4 Å². The Bertz CT molecular complexity index is 1010. The molecule has 2 N–H and O–H groups in total. The number of para-hydroxylation sites is 2. The van der Waals surface area contributed by atoms with Gasteiger partial charge < -0.3 is 10.3 Å². The summed E-state index contributed by atoms with van der Waals surface area (Å²) in [4.78, 5) is 40.3. The molecule has 0 fully saturated rings. The van der Waals surface area contributed by atoms with E-state index in [2.05, 4.69) is 15.3 Å². The summed E-state index contributed by atoms with van der Waals surface area (Å²) in [6.07, 6.45) is 0. The van der Waals surface area contributed by atoms with E-state index in [1.165, 1.54) is 6.92 Å². The second kappa shape index (κ2) is 6.59. The van der Waals surface area contributed by atoms with Crippen molar-refractivity contribution >= 4 is 28.3 Å². The minimum Gasteiger partial charge on any atom is -0.345 e. The molecule has 0 unspecified atom stereocenters. The third kappa shape index (κ3) is 3.20. The number of rotatable bonds is 5. The molecule has 0 aliphatic rings. The maximum absolute atomic E-state index is 12.4. The van der Waals surface area contributed by atoms with E-state index in [9.17, 15) is 25.0 Å². The first-order chi connectivity index (χ1) is 12.4. The van der Waals surface area contributed by atoms with Gasteiger partial charge in [0.2, 0.25) is 0 Å². The van der Waals surface area contributed by atoms with Gasteiger partial charge in [-0.05, 0) is 19.1 Å². The number of nitro groups is 2. The van der Waals surface area contributed by atoms with Crippen LogP contribution in [0.5, 0.6) is 0 Å². The number of carbonyl (C=O) groups is 1. The number of benzene rings is 2. The predicted molar refractivity (Wildman–Crippen MR) is 91.8 cm³/mol. The van der Waals surface area contributed by atoms with Gasteiger partial charge in [0.15, 0.2) is 0 Å². The van der Waals surface area contributed by atoms with E-state index in [0.717, 1.165) is 23.2 Å². The van der Waals surface area contributed by atoms with Gasteiger partial charge in [-0.25, -0.2) is 4.98 Å². The second-order valence-corrected chi connectivity index (χ2v) is 5.53. The molecule has 3 rings (SSSR count). The Labute approximate surface area is 146 Å². The molecular formula is C16H13N5O5. The Morgan fingerprint density at radius 2 is 1.92 bits per heavy atom. The molecule has 0 bridgehead atoms. The van der Waals surface area contributed by atoms with Crippen molar-refractivity contribution in [2.45, 2.75) is 13.5 Å². The van der Waals surface area contributed by atoms with Crippen molar-refractivity contribution in [3.8, 4) is 0 Å². The zero-order valence-corrected chi connectivity index (χ0v) is 13.6. The standard InChI is InChI=1S/C16H13N5O5/c1-9-11(6-10(20(23)24)7-14(9)21(25)26)16(22)17-8-15-18-12-4-2-3-5-13(12)19-15/h2-7H,8H2,1H3,(H,17,22)(H,18,19). The molecule has 1 heterocycles. The molecule has 132 valence electrons. The van der Waals surface area contributed by atoms with Gasteiger partial charge in [0.05, 0.1) is 39.1 Å². The molecule has 3 aromatic rings. The van der Waals surface area contributed by atoms with Gasteiger partial charge in [-0.15, -0.1) is 0 Å². The number of nitrogens with zero attached hydrogens (tertiary/aromatic N) is 3. The Hall–Kier alpha value is -3.82. The second-order valence-electron chi connectivity index (χ2n) is 5.53. The van der Waals surface area contributed by atoms with Crippen LogP contribution in [0.3, 0.4) is 0 Å². The van der Waals surface area contributed by atoms with Crippen molar-refractivity contribution in [2.75, 3.05) is 0 Å². The highest BCUT2D eigenvalue weighted by Crippen LogP contribution is 2.28. The average Bonchev–Trinajstić information content (AvgIpc) is 3.02. The number of aromatic amines is 1. The molecule has 0 saturated carbocycles. The number of hydrogen-bond donors (Lipinski definition) is 2. The van der Waals surface area contributed by atoms with Crippen LogP contribution in [0.15, 0.2) is 36.4 Å². The minimum atomic E-state index is -0.775. The average molecular weight is 355 g/mol. The Balaban J connectivity index is 1.86. The summed E-state index contributed by atoms with van der Waals surface area (Å²) in [5.74, 6) is -0.160. The summed E-state index contributed by atoms with van der Waals surface area (Å²) in [5, 5.41) is 24.6. The van der Waals surface area contributed by atoms with Gasteiger partial charge in [0, 0.05) is 11.6 Å². The maximum Gasteiger partial charge on any atom is 0.279 e. The van der Waals surface area contributed by atoms with Crippen LogP contribution < -0.4 is 5.32 Å². The summed E-state index contributed by atoms with van der Waals surface area (Å²) in [7, 11) is 0. The number of H-pyrrole nitrogens is 1. The van der Waals surface area contributed by atoms with Crippen LogP contribution in [0.2, 0.25) is 0 Å². The van der Waals surface area contributed by atoms with E-state index >= 15 is 0 Å². The van der Waals surface area contributed by atoms with Crippen LogP contribution in [0, 0.1) is 27.2 Å². The Morgan fingerprint density at radius 3 is 2.58 bits per heavy atom.